The Kier molecular flexibility index (Phi) is 5.63. The van der Waals surface area contributed by atoms with E-state index >= 15 is 0 Å². The van der Waals surface area contributed by atoms with Crippen LogP contribution in [0, 0.1) is 5.82 Å². The van der Waals surface area contributed by atoms with Crippen LogP contribution in [0.25, 0.3) is 0 Å². The molecule has 3 N–H and O–H groups in total. The summed E-state index contributed by atoms with van der Waals surface area (Å²) in [7, 11) is 0. The molecule has 0 aliphatic carbocycles. The molecule has 0 aromatic heterocycles. The lowest BCUT2D eigenvalue weighted by Gasteiger charge is -2.14. The zero-order valence-electron chi connectivity index (χ0n) is 10.1. The van der Waals surface area contributed by atoms with Gasteiger partial charge >= 0.3 is 11.9 Å². The summed E-state index contributed by atoms with van der Waals surface area (Å²) in [6.07, 6.45) is -0.710. The SMILES string of the molecule is O=C(O)CCC(NC(=O)c1c(F)cccc1Br)C(=O)O. The first-order chi connectivity index (χ1) is 9.32. The lowest BCUT2D eigenvalue weighted by atomic mass is 10.1. The normalized spacial score (nSPS) is 11.7. The van der Waals surface area contributed by atoms with Crippen molar-refractivity contribution in [3.8, 4) is 0 Å². The molecule has 0 fully saturated rings. The van der Waals surface area contributed by atoms with Gasteiger partial charge < -0.3 is 15.5 Å². The molecule has 0 radical (unpaired) electrons. The van der Waals surface area contributed by atoms with Crippen molar-refractivity contribution in [1.82, 2.24) is 5.32 Å². The summed E-state index contributed by atoms with van der Waals surface area (Å²) in [6.45, 7) is 0. The lowest BCUT2D eigenvalue weighted by Crippen LogP contribution is -2.41. The summed E-state index contributed by atoms with van der Waals surface area (Å²) >= 11 is 2.99. The Balaban J connectivity index is 2.86. The number of carbonyl (C=O) groups is 3. The molecule has 1 unspecified atom stereocenters. The van der Waals surface area contributed by atoms with Crippen molar-refractivity contribution in [1.29, 1.82) is 0 Å². The number of nitrogens with one attached hydrogen (secondary N) is 1. The van der Waals surface area contributed by atoms with E-state index < -0.39 is 36.1 Å². The van der Waals surface area contributed by atoms with Gasteiger partial charge in [-0.2, -0.15) is 0 Å². The molecule has 0 aliphatic rings. The lowest BCUT2D eigenvalue weighted by molar-refractivity contribution is -0.140. The first-order valence-electron chi connectivity index (χ1n) is 5.52. The van der Waals surface area contributed by atoms with Crippen molar-refractivity contribution in [2.45, 2.75) is 18.9 Å². The third-order valence-electron chi connectivity index (χ3n) is 2.44. The number of hydrogen-bond donors (Lipinski definition) is 3. The van der Waals surface area contributed by atoms with Gasteiger partial charge in [0.05, 0.1) is 5.56 Å². The van der Waals surface area contributed by atoms with Crippen LogP contribution in [-0.2, 0) is 9.59 Å². The second-order valence-corrected chi connectivity index (χ2v) is 4.75. The molecule has 0 saturated carbocycles. The van der Waals surface area contributed by atoms with Crippen molar-refractivity contribution in [3.05, 3.63) is 34.1 Å². The van der Waals surface area contributed by atoms with Gasteiger partial charge in [-0.15, -0.1) is 0 Å². The number of carboxylic acid groups (broad SMARTS) is 2. The fourth-order valence-corrected chi connectivity index (χ4v) is 1.99. The summed E-state index contributed by atoms with van der Waals surface area (Å²) in [4.78, 5) is 33.2. The van der Waals surface area contributed by atoms with Crippen molar-refractivity contribution in [2.24, 2.45) is 0 Å². The van der Waals surface area contributed by atoms with E-state index in [0.717, 1.165) is 6.07 Å². The molecule has 20 heavy (non-hydrogen) atoms. The number of hydrogen-bond acceptors (Lipinski definition) is 3. The fraction of sp³-hybridized carbons (Fsp3) is 0.250. The minimum Gasteiger partial charge on any atom is -0.481 e. The second-order valence-electron chi connectivity index (χ2n) is 3.89. The molecule has 1 rings (SSSR count). The first kappa shape index (κ1) is 16.1. The van der Waals surface area contributed by atoms with Crippen LogP contribution >= 0.6 is 15.9 Å². The summed E-state index contributed by atoms with van der Waals surface area (Å²) < 4.78 is 13.7. The van der Waals surface area contributed by atoms with Gasteiger partial charge in [0.2, 0.25) is 0 Å². The van der Waals surface area contributed by atoms with Gasteiger partial charge in [0, 0.05) is 10.9 Å². The van der Waals surface area contributed by atoms with Crippen molar-refractivity contribution >= 4 is 33.8 Å². The van der Waals surface area contributed by atoms with Gasteiger partial charge in [-0.1, -0.05) is 6.07 Å². The van der Waals surface area contributed by atoms with E-state index in [1.807, 2.05) is 0 Å². The Morgan fingerprint density at radius 2 is 1.95 bits per heavy atom. The number of carbonyl (C=O) groups excluding carboxylic acids is 1. The van der Waals surface area contributed by atoms with Gasteiger partial charge in [-0.25, -0.2) is 9.18 Å². The van der Waals surface area contributed by atoms with E-state index in [-0.39, 0.29) is 16.5 Å². The molecule has 108 valence electrons. The summed E-state index contributed by atoms with van der Waals surface area (Å²) in [5.41, 5.74) is -0.325. The number of carboxylic acids is 2. The minimum atomic E-state index is -1.40. The predicted octanol–water partition coefficient (Wildman–Crippen LogP) is 1.64. The minimum absolute atomic E-state index is 0.178. The van der Waals surface area contributed by atoms with E-state index in [1.54, 1.807) is 0 Å². The third-order valence-corrected chi connectivity index (χ3v) is 3.10. The maximum atomic E-state index is 13.5. The van der Waals surface area contributed by atoms with Crippen molar-refractivity contribution < 1.29 is 29.0 Å². The van der Waals surface area contributed by atoms with Crippen LogP contribution in [0.3, 0.4) is 0 Å². The molecule has 0 spiro atoms. The van der Waals surface area contributed by atoms with Gasteiger partial charge in [-0.3, -0.25) is 9.59 Å². The topological polar surface area (TPSA) is 104 Å². The van der Waals surface area contributed by atoms with E-state index in [4.69, 9.17) is 10.2 Å². The van der Waals surface area contributed by atoms with Crippen LogP contribution in [0.5, 0.6) is 0 Å². The van der Waals surface area contributed by atoms with E-state index in [9.17, 15) is 18.8 Å². The Labute approximate surface area is 121 Å². The van der Waals surface area contributed by atoms with E-state index in [0.29, 0.717) is 0 Å². The molecular weight excluding hydrogens is 337 g/mol. The molecule has 1 aromatic rings. The zero-order chi connectivity index (χ0) is 15.3. The van der Waals surface area contributed by atoms with Crippen LogP contribution in [-0.4, -0.2) is 34.1 Å². The molecule has 1 atom stereocenters. The molecule has 1 amide bonds. The molecule has 6 nitrogen and oxygen atoms in total. The van der Waals surface area contributed by atoms with Gasteiger partial charge in [0.25, 0.3) is 5.91 Å². The Hall–Kier alpha value is -1.96. The number of halogens is 2. The van der Waals surface area contributed by atoms with Crippen LogP contribution in [0.15, 0.2) is 22.7 Å². The van der Waals surface area contributed by atoms with Crippen LogP contribution in [0.1, 0.15) is 23.2 Å². The van der Waals surface area contributed by atoms with Gasteiger partial charge in [0.1, 0.15) is 11.9 Å². The highest BCUT2D eigenvalue weighted by molar-refractivity contribution is 9.10. The molecular formula is C12H11BrFNO5. The fourth-order valence-electron chi connectivity index (χ4n) is 1.47. The first-order valence-corrected chi connectivity index (χ1v) is 6.31. The highest BCUT2D eigenvalue weighted by Gasteiger charge is 2.24. The van der Waals surface area contributed by atoms with Crippen molar-refractivity contribution in [2.75, 3.05) is 0 Å². The molecule has 0 aliphatic heterocycles. The maximum Gasteiger partial charge on any atom is 0.326 e. The average molecular weight is 348 g/mol. The molecule has 0 bridgehead atoms. The van der Waals surface area contributed by atoms with Gasteiger partial charge in [0.15, 0.2) is 0 Å². The molecule has 8 heteroatoms. The predicted molar refractivity (Wildman–Crippen MR) is 69.9 cm³/mol. The number of amides is 1. The van der Waals surface area contributed by atoms with Crippen LogP contribution < -0.4 is 5.32 Å². The smallest absolute Gasteiger partial charge is 0.326 e. The second kappa shape index (κ2) is 6.99. The summed E-state index contributed by atoms with van der Waals surface area (Å²) in [6, 6.07) is 2.48. The highest BCUT2D eigenvalue weighted by atomic mass is 79.9. The monoisotopic (exact) mass is 347 g/mol. The maximum absolute atomic E-state index is 13.5. The molecule has 1 aromatic carbocycles. The van der Waals surface area contributed by atoms with Crippen LogP contribution in [0.4, 0.5) is 4.39 Å². The molecule has 0 heterocycles. The van der Waals surface area contributed by atoms with Crippen LogP contribution in [0.2, 0.25) is 0 Å². The zero-order valence-corrected chi connectivity index (χ0v) is 11.7. The Morgan fingerprint density at radius 3 is 2.45 bits per heavy atom. The number of benzene rings is 1. The van der Waals surface area contributed by atoms with Crippen molar-refractivity contribution in [3.63, 3.8) is 0 Å². The number of aliphatic carboxylic acids is 2. The highest BCUT2D eigenvalue weighted by Crippen LogP contribution is 2.19. The summed E-state index contributed by atoms with van der Waals surface area (Å²) in [5.74, 6) is -4.29. The van der Waals surface area contributed by atoms with E-state index in [1.165, 1.54) is 12.1 Å². The Morgan fingerprint density at radius 1 is 1.30 bits per heavy atom. The molecule has 0 saturated heterocycles. The number of rotatable bonds is 6. The largest absolute Gasteiger partial charge is 0.481 e. The average Bonchev–Trinajstić information content (AvgIpc) is 2.33. The summed E-state index contributed by atoms with van der Waals surface area (Å²) in [5, 5.41) is 19.5. The third kappa shape index (κ3) is 4.30. The van der Waals surface area contributed by atoms with E-state index in [2.05, 4.69) is 21.2 Å². The quantitative estimate of drug-likeness (QED) is 0.725. The standard InChI is InChI=1S/C12H11BrFNO5/c13-6-2-1-3-7(14)10(6)11(18)15-8(12(19)20)4-5-9(16)17/h1-3,8H,4-5H2,(H,15,18)(H,16,17)(H,19,20). The van der Waals surface area contributed by atoms with Gasteiger partial charge in [-0.05, 0) is 34.5 Å². The Bertz CT molecular complexity index is 528.